The molecule has 6 nitrogen and oxygen atoms in total. The molecule has 0 bridgehead atoms. The minimum absolute atomic E-state index is 0.249. The van der Waals surface area contributed by atoms with E-state index in [1.165, 1.54) is 4.90 Å². The fraction of sp³-hybridized carbons (Fsp3) is 0.250. The number of amides is 1. The van der Waals surface area contributed by atoms with Crippen LogP contribution in [0.15, 0.2) is 66.7 Å². The molecule has 0 N–H and O–H groups in total. The lowest BCUT2D eigenvalue weighted by atomic mass is 10.1. The van der Waals surface area contributed by atoms with Crippen LogP contribution in [0.2, 0.25) is 0 Å². The van der Waals surface area contributed by atoms with Crippen molar-refractivity contribution in [2.75, 3.05) is 39.3 Å². The van der Waals surface area contributed by atoms with E-state index in [1.54, 1.807) is 13.1 Å². The molecule has 3 rings (SSSR count). The number of anilines is 1. The third-order valence-corrected chi connectivity index (χ3v) is 4.73. The number of nitrogens with zero attached hydrogens (tertiary/aromatic N) is 2. The number of likely N-dealkylation sites (N-methyl/N-ethyl adjacent to an activating group) is 1. The highest BCUT2D eigenvalue weighted by Crippen LogP contribution is 2.20. The zero-order valence-electron chi connectivity index (χ0n) is 17.5. The highest BCUT2D eigenvalue weighted by Gasteiger charge is 2.13. The van der Waals surface area contributed by atoms with Gasteiger partial charge in [0.1, 0.15) is 5.75 Å². The number of carbonyl (C=O) groups is 2. The summed E-state index contributed by atoms with van der Waals surface area (Å²) in [6, 6.07) is 21.4. The molecule has 0 aliphatic heterocycles. The summed E-state index contributed by atoms with van der Waals surface area (Å²) in [6.07, 6.45) is 0. The summed E-state index contributed by atoms with van der Waals surface area (Å²) in [5, 5.41) is 2.12. The van der Waals surface area contributed by atoms with E-state index in [4.69, 9.17) is 9.47 Å². The second-order valence-corrected chi connectivity index (χ2v) is 7.27. The number of rotatable bonds is 8. The van der Waals surface area contributed by atoms with E-state index in [2.05, 4.69) is 0 Å². The van der Waals surface area contributed by atoms with Crippen LogP contribution < -0.4 is 9.64 Å². The van der Waals surface area contributed by atoms with Crippen LogP contribution in [0.1, 0.15) is 5.56 Å². The molecule has 3 aromatic carbocycles. The number of esters is 1. The average molecular weight is 406 g/mol. The SMILES string of the molecule is CN(Cc1ccc(N(C)C)cc1)C(=O)COC(=O)COc1ccc2ccccc2c1. The minimum Gasteiger partial charge on any atom is -0.482 e. The standard InChI is InChI=1S/C24H26N2O4/c1-25(2)21-11-8-18(9-12-21)15-26(3)23(27)16-30-24(28)17-29-22-13-10-19-6-4-5-7-20(19)14-22/h4-14H,15-17H2,1-3H3. The Morgan fingerprint density at radius 1 is 0.833 bits per heavy atom. The van der Waals surface area contributed by atoms with Crippen molar-refractivity contribution >= 4 is 28.3 Å². The Hall–Kier alpha value is -3.54. The highest BCUT2D eigenvalue weighted by molar-refractivity contribution is 5.84. The summed E-state index contributed by atoms with van der Waals surface area (Å²) in [5.74, 6) is -0.277. The predicted molar refractivity (Wildman–Crippen MR) is 118 cm³/mol. The number of hydrogen-bond donors (Lipinski definition) is 0. The van der Waals surface area contributed by atoms with Gasteiger partial charge in [0.05, 0.1) is 0 Å². The van der Waals surface area contributed by atoms with Crippen LogP contribution in [-0.2, 0) is 20.9 Å². The molecule has 6 heteroatoms. The van der Waals surface area contributed by atoms with E-state index in [1.807, 2.05) is 79.7 Å². The topological polar surface area (TPSA) is 59.1 Å². The molecular weight excluding hydrogens is 380 g/mol. The molecule has 0 spiro atoms. The van der Waals surface area contributed by atoms with Gasteiger partial charge in [0.25, 0.3) is 5.91 Å². The van der Waals surface area contributed by atoms with Crippen molar-refractivity contribution < 1.29 is 19.1 Å². The Kier molecular flexibility index (Phi) is 6.91. The van der Waals surface area contributed by atoms with Gasteiger partial charge in [-0.3, -0.25) is 4.79 Å². The van der Waals surface area contributed by atoms with Crippen molar-refractivity contribution in [3.8, 4) is 5.75 Å². The molecule has 0 atom stereocenters. The maximum Gasteiger partial charge on any atom is 0.344 e. The summed E-state index contributed by atoms with van der Waals surface area (Å²) in [7, 11) is 5.63. The number of hydrogen-bond acceptors (Lipinski definition) is 5. The Morgan fingerprint density at radius 3 is 2.23 bits per heavy atom. The Morgan fingerprint density at radius 2 is 1.53 bits per heavy atom. The normalized spacial score (nSPS) is 10.5. The molecule has 0 aliphatic carbocycles. The maximum atomic E-state index is 12.2. The largest absolute Gasteiger partial charge is 0.482 e. The van der Waals surface area contributed by atoms with Crippen molar-refractivity contribution in [1.29, 1.82) is 0 Å². The van der Waals surface area contributed by atoms with Crippen LogP contribution >= 0.6 is 0 Å². The van der Waals surface area contributed by atoms with E-state index >= 15 is 0 Å². The van der Waals surface area contributed by atoms with Crippen LogP contribution in [0.4, 0.5) is 5.69 Å². The first kappa shape index (κ1) is 21.2. The zero-order chi connectivity index (χ0) is 21.5. The summed E-state index contributed by atoms with van der Waals surface area (Å²) >= 11 is 0. The van der Waals surface area contributed by atoms with Gasteiger partial charge in [0.15, 0.2) is 13.2 Å². The number of benzene rings is 3. The second-order valence-electron chi connectivity index (χ2n) is 7.27. The van der Waals surface area contributed by atoms with E-state index in [-0.39, 0.29) is 19.1 Å². The Labute approximate surface area is 176 Å². The van der Waals surface area contributed by atoms with Crippen molar-refractivity contribution in [2.45, 2.75) is 6.54 Å². The Balaban J connectivity index is 1.43. The maximum absolute atomic E-state index is 12.2. The first-order valence-corrected chi connectivity index (χ1v) is 9.70. The van der Waals surface area contributed by atoms with Crippen molar-refractivity contribution in [3.63, 3.8) is 0 Å². The lowest BCUT2D eigenvalue weighted by Gasteiger charge is -2.18. The van der Waals surface area contributed by atoms with Gasteiger partial charge >= 0.3 is 5.97 Å². The first-order valence-electron chi connectivity index (χ1n) is 9.70. The minimum atomic E-state index is -0.583. The summed E-state index contributed by atoms with van der Waals surface area (Å²) in [6.45, 7) is -0.120. The van der Waals surface area contributed by atoms with Gasteiger partial charge in [-0.25, -0.2) is 4.79 Å². The molecule has 0 aromatic heterocycles. The average Bonchev–Trinajstić information content (AvgIpc) is 2.76. The fourth-order valence-electron chi connectivity index (χ4n) is 2.96. The molecule has 1 amide bonds. The van der Waals surface area contributed by atoms with E-state index in [0.717, 1.165) is 22.0 Å². The van der Waals surface area contributed by atoms with Gasteiger partial charge in [0, 0.05) is 33.4 Å². The predicted octanol–water partition coefficient (Wildman–Crippen LogP) is 3.49. The summed E-state index contributed by atoms with van der Waals surface area (Å²) in [4.78, 5) is 27.7. The first-order chi connectivity index (χ1) is 14.4. The summed E-state index contributed by atoms with van der Waals surface area (Å²) < 4.78 is 10.6. The molecular formula is C24H26N2O4. The van der Waals surface area contributed by atoms with Gasteiger partial charge in [-0.05, 0) is 40.6 Å². The zero-order valence-corrected chi connectivity index (χ0v) is 17.5. The molecule has 0 fully saturated rings. The Bertz CT molecular complexity index is 1020. The van der Waals surface area contributed by atoms with E-state index in [9.17, 15) is 9.59 Å². The van der Waals surface area contributed by atoms with Gasteiger partial charge in [0.2, 0.25) is 0 Å². The van der Waals surface area contributed by atoms with Crippen LogP contribution in [0.3, 0.4) is 0 Å². The van der Waals surface area contributed by atoms with Crippen molar-refractivity contribution in [1.82, 2.24) is 4.90 Å². The molecule has 0 saturated heterocycles. The van der Waals surface area contributed by atoms with Crippen LogP contribution in [0, 0.1) is 0 Å². The third kappa shape index (κ3) is 5.73. The fourth-order valence-corrected chi connectivity index (χ4v) is 2.96. The van der Waals surface area contributed by atoms with Crippen LogP contribution in [0.5, 0.6) is 5.75 Å². The van der Waals surface area contributed by atoms with Gasteiger partial charge in [-0.1, -0.05) is 42.5 Å². The molecule has 156 valence electrons. The molecule has 30 heavy (non-hydrogen) atoms. The second kappa shape index (κ2) is 9.78. The van der Waals surface area contributed by atoms with Crippen LogP contribution in [0.25, 0.3) is 10.8 Å². The molecule has 0 heterocycles. The number of ether oxygens (including phenoxy) is 2. The molecule has 3 aromatic rings. The van der Waals surface area contributed by atoms with Gasteiger partial charge in [-0.15, -0.1) is 0 Å². The molecule has 0 saturated carbocycles. The number of fused-ring (bicyclic) bond motifs is 1. The molecule has 0 aliphatic rings. The van der Waals surface area contributed by atoms with Crippen LogP contribution in [-0.4, -0.2) is 51.1 Å². The quantitative estimate of drug-likeness (QED) is 0.536. The third-order valence-electron chi connectivity index (χ3n) is 4.73. The summed E-state index contributed by atoms with van der Waals surface area (Å²) in [5.41, 5.74) is 2.09. The van der Waals surface area contributed by atoms with E-state index < -0.39 is 5.97 Å². The van der Waals surface area contributed by atoms with Gasteiger partial charge < -0.3 is 19.3 Å². The lowest BCUT2D eigenvalue weighted by molar-refractivity contribution is -0.153. The molecule has 0 unspecified atom stereocenters. The lowest BCUT2D eigenvalue weighted by Crippen LogP contribution is -2.31. The number of carbonyl (C=O) groups excluding carboxylic acids is 2. The van der Waals surface area contributed by atoms with E-state index in [0.29, 0.717) is 12.3 Å². The molecule has 0 radical (unpaired) electrons. The van der Waals surface area contributed by atoms with Crippen molar-refractivity contribution in [2.24, 2.45) is 0 Å². The van der Waals surface area contributed by atoms with Gasteiger partial charge in [-0.2, -0.15) is 0 Å². The monoisotopic (exact) mass is 406 g/mol. The van der Waals surface area contributed by atoms with Crippen molar-refractivity contribution in [3.05, 3.63) is 72.3 Å². The smallest absolute Gasteiger partial charge is 0.344 e. The highest BCUT2D eigenvalue weighted by atomic mass is 16.6.